The maximum Gasteiger partial charge on any atom is 0.137 e. The van der Waals surface area contributed by atoms with Crippen molar-refractivity contribution in [2.75, 3.05) is 0 Å². The minimum absolute atomic E-state index is 0.0300. The van der Waals surface area contributed by atoms with Crippen LogP contribution in [-0.2, 0) is 11.8 Å². The lowest BCUT2D eigenvalue weighted by molar-refractivity contribution is 0.657. The van der Waals surface area contributed by atoms with E-state index in [1.165, 1.54) is 87.2 Å². The topological polar surface area (TPSA) is 30.7 Å². The van der Waals surface area contributed by atoms with Gasteiger partial charge in [-0.15, -0.1) is 11.3 Å². The summed E-state index contributed by atoms with van der Waals surface area (Å²) in [4.78, 5) is 11.3. The number of benzene rings is 8. The van der Waals surface area contributed by atoms with Crippen LogP contribution in [-0.4, -0.2) is 14.5 Å². The van der Waals surface area contributed by atoms with Crippen LogP contribution in [0.4, 0.5) is 0 Å². The number of nitrogens with zero attached hydrogens (tertiary/aromatic N) is 3. The Bertz CT molecular complexity index is 3570. The van der Waals surface area contributed by atoms with Crippen LogP contribution in [0.1, 0.15) is 47.8 Å². The first-order valence-electron chi connectivity index (χ1n) is 20.6. The zero-order chi connectivity index (χ0) is 39.0. The molecular weight excluding hydrogens is 735 g/mol. The maximum absolute atomic E-state index is 5.72. The van der Waals surface area contributed by atoms with E-state index >= 15 is 0 Å². The van der Waals surface area contributed by atoms with Crippen LogP contribution >= 0.6 is 11.3 Å². The number of fused-ring (bicyclic) bond motifs is 13. The Balaban J connectivity index is 1.06. The summed E-state index contributed by atoms with van der Waals surface area (Å²) in [5.41, 5.74) is 17.4. The molecule has 13 rings (SSSR count). The molecule has 0 fully saturated rings. The van der Waals surface area contributed by atoms with Crippen molar-refractivity contribution >= 4 is 64.2 Å². The van der Waals surface area contributed by atoms with Gasteiger partial charge in [-0.05, 0) is 116 Å². The molecule has 0 saturated heterocycles. The van der Waals surface area contributed by atoms with Gasteiger partial charge >= 0.3 is 0 Å². The van der Waals surface area contributed by atoms with Gasteiger partial charge in [-0.3, -0.25) is 0 Å². The predicted molar refractivity (Wildman–Crippen MR) is 247 cm³/mol. The highest BCUT2D eigenvalue weighted by Gasteiger charge is 2.38. The Morgan fingerprint density at radius 2 is 1.29 bits per heavy atom. The highest BCUT2D eigenvalue weighted by atomic mass is 32.1. The lowest BCUT2D eigenvalue weighted by Crippen LogP contribution is -2.18. The molecule has 2 aliphatic rings. The fraction of sp³-hybridized carbons (Fsp3) is 0.0909. The van der Waals surface area contributed by atoms with E-state index < -0.39 is 0 Å². The van der Waals surface area contributed by atoms with Crippen LogP contribution in [0.2, 0.25) is 0 Å². The van der Waals surface area contributed by atoms with Gasteiger partial charge in [0.25, 0.3) is 0 Å². The Morgan fingerprint density at radius 1 is 0.559 bits per heavy atom. The molecule has 3 aromatic heterocycles. The first-order valence-corrected chi connectivity index (χ1v) is 21.4. The van der Waals surface area contributed by atoms with E-state index in [1.54, 1.807) is 11.3 Å². The molecule has 11 aromatic rings. The van der Waals surface area contributed by atoms with E-state index in [4.69, 9.17) is 9.97 Å². The highest BCUT2D eigenvalue weighted by Crippen LogP contribution is 2.53. The Kier molecular flexibility index (Phi) is 6.78. The average Bonchev–Trinajstić information content (AvgIpc) is 3.90. The summed E-state index contributed by atoms with van der Waals surface area (Å²) in [6.45, 7) is 4.76. The van der Waals surface area contributed by atoms with Crippen LogP contribution in [0.25, 0.3) is 92.1 Å². The molecule has 0 amide bonds. The zero-order valence-corrected chi connectivity index (χ0v) is 33.5. The Hall–Kier alpha value is -6.88. The van der Waals surface area contributed by atoms with Crippen molar-refractivity contribution in [3.63, 3.8) is 0 Å². The second-order valence-corrected chi connectivity index (χ2v) is 17.9. The summed E-state index contributed by atoms with van der Waals surface area (Å²) >= 11 is 1.80. The largest absolute Gasteiger partial charge is 0.309 e. The molecule has 4 heteroatoms. The Labute approximate surface area is 345 Å². The molecule has 59 heavy (non-hydrogen) atoms. The molecule has 0 aliphatic heterocycles. The van der Waals surface area contributed by atoms with E-state index in [0.717, 1.165) is 39.4 Å². The van der Waals surface area contributed by atoms with Gasteiger partial charge in [0, 0.05) is 43.4 Å². The third kappa shape index (κ3) is 4.69. The molecule has 0 N–H and O–H groups in total. The van der Waals surface area contributed by atoms with E-state index in [-0.39, 0.29) is 11.3 Å². The van der Waals surface area contributed by atoms with Crippen LogP contribution in [0.5, 0.6) is 0 Å². The van der Waals surface area contributed by atoms with Crippen molar-refractivity contribution in [3.8, 4) is 39.2 Å². The van der Waals surface area contributed by atoms with Crippen molar-refractivity contribution in [3.05, 3.63) is 198 Å². The Morgan fingerprint density at radius 3 is 2.17 bits per heavy atom. The lowest BCUT2D eigenvalue weighted by Gasteiger charge is -2.30. The average molecular weight is 772 g/mol. The van der Waals surface area contributed by atoms with Gasteiger partial charge in [-0.25, -0.2) is 9.97 Å². The van der Waals surface area contributed by atoms with Gasteiger partial charge in [-0.2, -0.15) is 0 Å². The molecule has 0 unspecified atom stereocenters. The SMILES string of the molecule is CC1(C)c2ccccc2-c2cc3c(cc21)C[C@H](c1nc(-c2ccc4c(c2)c2ccccc2n4-c2ccccc2)c2sc4ccccc4c2n1)c1cc2ccccc2cc1-3. The molecule has 0 spiro atoms. The normalized spacial score (nSPS) is 15.2. The van der Waals surface area contributed by atoms with Crippen molar-refractivity contribution in [2.45, 2.75) is 31.6 Å². The van der Waals surface area contributed by atoms with Crippen LogP contribution in [0.3, 0.4) is 0 Å². The zero-order valence-electron chi connectivity index (χ0n) is 32.7. The number of aromatic nitrogens is 3. The quantitative estimate of drug-likeness (QED) is 0.179. The molecule has 8 aromatic carbocycles. The fourth-order valence-corrected chi connectivity index (χ4v) is 11.6. The van der Waals surface area contributed by atoms with Gasteiger partial charge in [0.05, 0.1) is 26.9 Å². The first-order chi connectivity index (χ1) is 29.0. The number of hydrogen-bond acceptors (Lipinski definition) is 3. The first kappa shape index (κ1) is 33.1. The minimum Gasteiger partial charge on any atom is -0.309 e. The van der Waals surface area contributed by atoms with E-state index in [0.29, 0.717) is 0 Å². The van der Waals surface area contributed by atoms with Gasteiger partial charge in [0.2, 0.25) is 0 Å². The smallest absolute Gasteiger partial charge is 0.137 e. The van der Waals surface area contributed by atoms with Crippen LogP contribution in [0, 0.1) is 0 Å². The van der Waals surface area contributed by atoms with Crippen molar-refractivity contribution in [1.29, 1.82) is 0 Å². The molecule has 278 valence electrons. The third-order valence-electron chi connectivity index (χ3n) is 13.3. The highest BCUT2D eigenvalue weighted by molar-refractivity contribution is 7.26. The van der Waals surface area contributed by atoms with E-state index in [9.17, 15) is 0 Å². The number of thiophene rings is 1. The van der Waals surface area contributed by atoms with Gasteiger partial charge in [0.15, 0.2) is 0 Å². The van der Waals surface area contributed by atoms with Gasteiger partial charge in [-0.1, -0.05) is 129 Å². The van der Waals surface area contributed by atoms with E-state index in [2.05, 4.69) is 188 Å². The van der Waals surface area contributed by atoms with Crippen LogP contribution in [0.15, 0.2) is 170 Å². The van der Waals surface area contributed by atoms with Crippen LogP contribution < -0.4 is 0 Å². The maximum atomic E-state index is 5.72. The fourth-order valence-electron chi connectivity index (χ4n) is 10.5. The summed E-state index contributed by atoms with van der Waals surface area (Å²) in [7, 11) is 0. The number of rotatable bonds is 3. The second-order valence-electron chi connectivity index (χ2n) is 16.9. The summed E-state index contributed by atoms with van der Waals surface area (Å²) in [6, 6.07) is 62.7. The predicted octanol–water partition coefficient (Wildman–Crippen LogP) is 14.4. The van der Waals surface area contributed by atoms with Crippen molar-refractivity contribution in [1.82, 2.24) is 14.5 Å². The van der Waals surface area contributed by atoms with E-state index in [1.807, 2.05) is 0 Å². The molecule has 3 nitrogen and oxygen atoms in total. The standard InChI is InChI=1S/C55H37N3S/c1-55(2)46-21-11-8-18-37(46)43-31-40-35(30-47(43)55)29-45(42-27-33-15-7-6-14-32(33)26-41(40)42)54-56-51(53-52(57-54)39-20-10-13-23-50(39)59-53)34-24-25-49-44(28-34)38-19-9-12-22-48(38)58(49)36-16-4-3-5-17-36/h3-28,30-31,45H,29H2,1-2H3/t45-/m0/s1. The molecule has 1 atom stereocenters. The molecule has 0 bridgehead atoms. The molecule has 2 aliphatic carbocycles. The van der Waals surface area contributed by atoms with Gasteiger partial charge < -0.3 is 4.57 Å². The molecule has 0 radical (unpaired) electrons. The number of hydrogen-bond donors (Lipinski definition) is 0. The molecule has 3 heterocycles. The lowest BCUT2D eigenvalue weighted by atomic mass is 9.74. The summed E-state index contributed by atoms with van der Waals surface area (Å²) in [5, 5.41) is 6.14. The number of para-hydroxylation sites is 2. The van der Waals surface area contributed by atoms with Crippen molar-refractivity contribution < 1.29 is 0 Å². The molecule has 0 saturated carbocycles. The third-order valence-corrected chi connectivity index (χ3v) is 14.5. The summed E-state index contributed by atoms with van der Waals surface area (Å²) < 4.78 is 4.75. The summed E-state index contributed by atoms with van der Waals surface area (Å²) in [6.07, 6.45) is 0.830. The second kappa shape index (κ2) is 12.1. The van der Waals surface area contributed by atoms with Gasteiger partial charge in [0.1, 0.15) is 5.82 Å². The summed E-state index contributed by atoms with van der Waals surface area (Å²) in [5.74, 6) is 0.852. The molecular formula is C55H37N3S. The minimum atomic E-state index is -0.0828. The monoisotopic (exact) mass is 771 g/mol. The van der Waals surface area contributed by atoms with Crippen molar-refractivity contribution in [2.24, 2.45) is 0 Å².